The zero-order chi connectivity index (χ0) is 15.0. The molecular formula is C15H21NO4. The molecule has 5 nitrogen and oxygen atoms in total. The van der Waals surface area contributed by atoms with Gasteiger partial charge in [0.05, 0.1) is 6.42 Å². The number of para-hydroxylation sites is 1. The van der Waals surface area contributed by atoms with E-state index < -0.39 is 12.1 Å². The van der Waals surface area contributed by atoms with Crippen LogP contribution in [0.3, 0.4) is 0 Å². The van der Waals surface area contributed by atoms with E-state index in [1.54, 1.807) is 31.2 Å². The van der Waals surface area contributed by atoms with E-state index in [0.29, 0.717) is 17.9 Å². The van der Waals surface area contributed by atoms with Crippen molar-refractivity contribution < 1.29 is 19.4 Å². The lowest BCUT2D eigenvalue weighted by atomic mass is 10.1. The topological polar surface area (TPSA) is 75.6 Å². The molecule has 1 amide bonds. The molecule has 1 rings (SSSR count). The van der Waals surface area contributed by atoms with Gasteiger partial charge in [-0.15, -0.1) is 0 Å². The van der Waals surface area contributed by atoms with Gasteiger partial charge in [0.2, 0.25) is 0 Å². The number of anilines is 1. The van der Waals surface area contributed by atoms with Crippen LogP contribution < -0.4 is 5.32 Å². The third kappa shape index (κ3) is 5.40. The van der Waals surface area contributed by atoms with Gasteiger partial charge in [0.1, 0.15) is 6.10 Å². The van der Waals surface area contributed by atoms with Crippen LogP contribution in [0.5, 0.6) is 0 Å². The molecule has 0 radical (unpaired) electrons. The molecule has 0 spiro atoms. The summed E-state index contributed by atoms with van der Waals surface area (Å²) in [5.41, 5.74) is 1.10. The van der Waals surface area contributed by atoms with Gasteiger partial charge >= 0.3 is 5.97 Å². The van der Waals surface area contributed by atoms with Gasteiger partial charge < -0.3 is 15.2 Å². The van der Waals surface area contributed by atoms with Gasteiger partial charge in [0.15, 0.2) is 0 Å². The summed E-state index contributed by atoms with van der Waals surface area (Å²) in [5.74, 6) is -1.20. The molecule has 0 bridgehead atoms. The van der Waals surface area contributed by atoms with Crippen molar-refractivity contribution in [2.24, 2.45) is 0 Å². The Morgan fingerprint density at radius 3 is 2.70 bits per heavy atom. The molecule has 1 atom stereocenters. The molecule has 1 aromatic carbocycles. The SMILES string of the molecule is CCCCOC(C)C(=O)Nc1ccccc1CC(=O)O. The smallest absolute Gasteiger partial charge is 0.307 e. The Morgan fingerprint density at radius 2 is 2.05 bits per heavy atom. The molecule has 0 fully saturated rings. The second-order valence-corrected chi connectivity index (χ2v) is 4.58. The van der Waals surface area contributed by atoms with E-state index in [1.165, 1.54) is 0 Å². The summed E-state index contributed by atoms with van der Waals surface area (Å²) in [6.45, 7) is 4.28. The normalized spacial score (nSPS) is 11.9. The van der Waals surface area contributed by atoms with Crippen LogP contribution >= 0.6 is 0 Å². The average Bonchev–Trinajstić information content (AvgIpc) is 2.40. The van der Waals surface area contributed by atoms with E-state index in [2.05, 4.69) is 12.2 Å². The molecule has 0 aliphatic carbocycles. The van der Waals surface area contributed by atoms with Gasteiger partial charge in [0, 0.05) is 12.3 Å². The van der Waals surface area contributed by atoms with Gasteiger partial charge in [-0.3, -0.25) is 9.59 Å². The number of hydrogen-bond donors (Lipinski definition) is 2. The number of ether oxygens (including phenoxy) is 1. The van der Waals surface area contributed by atoms with Crippen molar-refractivity contribution in [3.05, 3.63) is 29.8 Å². The zero-order valence-corrected chi connectivity index (χ0v) is 11.9. The molecule has 20 heavy (non-hydrogen) atoms. The fourth-order valence-corrected chi connectivity index (χ4v) is 1.67. The largest absolute Gasteiger partial charge is 0.481 e. The van der Waals surface area contributed by atoms with Crippen LogP contribution in [0.2, 0.25) is 0 Å². The zero-order valence-electron chi connectivity index (χ0n) is 11.9. The summed E-state index contributed by atoms with van der Waals surface area (Å²) in [6, 6.07) is 6.87. The highest BCUT2D eigenvalue weighted by Crippen LogP contribution is 2.16. The lowest BCUT2D eigenvalue weighted by molar-refractivity contribution is -0.136. The first-order valence-electron chi connectivity index (χ1n) is 6.76. The minimum Gasteiger partial charge on any atom is -0.481 e. The summed E-state index contributed by atoms with van der Waals surface area (Å²) in [7, 11) is 0. The summed E-state index contributed by atoms with van der Waals surface area (Å²) >= 11 is 0. The quantitative estimate of drug-likeness (QED) is 0.717. The Bertz CT molecular complexity index is 459. The second-order valence-electron chi connectivity index (χ2n) is 4.58. The molecule has 1 unspecified atom stereocenters. The van der Waals surface area contributed by atoms with Crippen LogP contribution in [0.25, 0.3) is 0 Å². The first-order chi connectivity index (χ1) is 9.54. The molecule has 2 N–H and O–H groups in total. The molecule has 5 heteroatoms. The number of benzene rings is 1. The number of carbonyl (C=O) groups excluding carboxylic acids is 1. The van der Waals surface area contributed by atoms with Crippen molar-refractivity contribution in [1.82, 2.24) is 0 Å². The number of rotatable bonds is 8. The highest BCUT2D eigenvalue weighted by atomic mass is 16.5. The van der Waals surface area contributed by atoms with E-state index in [0.717, 1.165) is 12.8 Å². The minimum absolute atomic E-state index is 0.123. The Balaban J connectivity index is 2.63. The highest BCUT2D eigenvalue weighted by Gasteiger charge is 2.15. The lowest BCUT2D eigenvalue weighted by Crippen LogP contribution is -2.28. The highest BCUT2D eigenvalue weighted by molar-refractivity contribution is 5.95. The number of aliphatic carboxylic acids is 1. The first-order valence-corrected chi connectivity index (χ1v) is 6.76. The summed E-state index contributed by atoms with van der Waals surface area (Å²) in [6.07, 6.45) is 1.24. The second kappa shape index (κ2) is 8.32. The Labute approximate surface area is 118 Å². The maximum atomic E-state index is 12.0. The molecule has 0 saturated heterocycles. The van der Waals surface area contributed by atoms with E-state index >= 15 is 0 Å². The standard InChI is InChI=1S/C15H21NO4/c1-3-4-9-20-11(2)15(19)16-13-8-6-5-7-12(13)10-14(17)18/h5-8,11H,3-4,9-10H2,1-2H3,(H,16,19)(H,17,18). The van der Waals surface area contributed by atoms with Gasteiger partial charge in [0.25, 0.3) is 5.91 Å². The fraction of sp³-hybridized carbons (Fsp3) is 0.467. The Hall–Kier alpha value is -1.88. The molecule has 0 heterocycles. The number of unbranched alkanes of at least 4 members (excludes halogenated alkanes) is 1. The fourth-order valence-electron chi connectivity index (χ4n) is 1.67. The van der Waals surface area contributed by atoms with Crippen molar-refractivity contribution in [3.63, 3.8) is 0 Å². The molecule has 1 aromatic rings. The van der Waals surface area contributed by atoms with Gasteiger partial charge in [-0.05, 0) is 25.0 Å². The number of carboxylic acid groups (broad SMARTS) is 1. The predicted molar refractivity (Wildman–Crippen MR) is 76.7 cm³/mol. The third-order valence-electron chi connectivity index (χ3n) is 2.85. The van der Waals surface area contributed by atoms with Gasteiger partial charge in [-0.2, -0.15) is 0 Å². The Morgan fingerprint density at radius 1 is 1.35 bits per heavy atom. The van der Waals surface area contributed by atoms with E-state index in [1.807, 2.05) is 0 Å². The monoisotopic (exact) mass is 279 g/mol. The van der Waals surface area contributed by atoms with Crippen molar-refractivity contribution in [1.29, 1.82) is 0 Å². The van der Waals surface area contributed by atoms with Gasteiger partial charge in [-0.1, -0.05) is 31.5 Å². The van der Waals surface area contributed by atoms with E-state index in [-0.39, 0.29) is 12.3 Å². The minimum atomic E-state index is -0.932. The number of carbonyl (C=O) groups is 2. The summed E-state index contributed by atoms with van der Waals surface area (Å²) < 4.78 is 5.41. The predicted octanol–water partition coefficient (Wildman–Crippen LogP) is 2.46. The molecule has 0 saturated carbocycles. The van der Waals surface area contributed by atoms with Crippen LogP contribution in [0.1, 0.15) is 32.3 Å². The van der Waals surface area contributed by atoms with Crippen molar-refractivity contribution >= 4 is 17.6 Å². The van der Waals surface area contributed by atoms with Crippen molar-refractivity contribution in [2.45, 2.75) is 39.2 Å². The molecule has 110 valence electrons. The van der Waals surface area contributed by atoms with E-state index in [9.17, 15) is 9.59 Å². The van der Waals surface area contributed by atoms with E-state index in [4.69, 9.17) is 9.84 Å². The maximum Gasteiger partial charge on any atom is 0.307 e. The number of amides is 1. The third-order valence-corrected chi connectivity index (χ3v) is 2.85. The van der Waals surface area contributed by atoms with Crippen LogP contribution in [0.4, 0.5) is 5.69 Å². The van der Waals surface area contributed by atoms with Crippen LogP contribution in [-0.4, -0.2) is 29.7 Å². The molecule has 0 aromatic heterocycles. The van der Waals surface area contributed by atoms with Gasteiger partial charge in [-0.25, -0.2) is 0 Å². The van der Waals surface area contributed by atoms with Crippen molar-refractivity contribution in [3.8, 4) is 0 Å². The number of carboxylic acids is 1. The summed E-state index contributed by atoms with van der Waals surface area (Å²) in [5, 5.41) is 11.6. The first kappa shape index (κ1) is 16.2. The molecule has 0 aliphatic rings. The van der Waals surface area contributed by atoms with Crippen LogP contribution in [0, 0.1) is 0 Å². The summed E-state index contributed by atoms with van der Waals surface area (Å²) in [4.78, 5) is 22.7. The molecule has 0 aliphatic heterocycles. The van der Waals surface area contributed by atoms with Crippen molar-refractivity contribution in [2.75, 3.05) is 11.9 Å². The lowest BCUT2D eigenvalue weighted by Gasteiger charge is -2.15. The van der Waals surface area contributed by atoms with Crippen LogP contribution in [-0.2, 0) is 20.7 Å². The molecular weight excluding hydrogens is 258 g/mol. The number of nitrogens with one attached hydrogen (secondary N) is 1. The average molecular weight is 279 g/mol. The maximum absolute atomic E-state index is 12.0. The number of hydrogen-bond acceptors (Lipinski definition) is 3. The van der Waals surface area contributed by atoms with Crippen LogP contribution in [0.15, 0.2) is 24.3 Å². The Kier molecular flexibility index (Phi) is 6.73.